The predicted octanol–water partition coefficient (Wildman–Crippen LogP) is 5.53. The van der Waals surface area contributed by atoms with Gasteiger partial charge in [-0.05, 0) is 69.5 Å². The van der Waals surface area contributed by atoms with Crippen LogP contribution in [-0.4, -0.2) is 66.8 Å². The largest absolute Gasteiger partial charge is 0.338 e. The van der Waals surface area contributed by atoms with Gasteiger partial charge < -0.3 is 15.1 Å². The molecule has 212 valence electrons. The molecule has 0 unspecified atom stereocenters. The zero-order valence-electron chi connectivity index (χ0n) is 24.2. The van der Waals surface area contributed by atoms with Crippen molar-refractivity contribution in [2.75, 3.05) is 33.2 Å². The Morgan fingerprint density at radius 3 is 2.03 bits per heavy atom. The van der Waals surface area contributed by atoms with Crippen molar-refractivity contribution in [1.29, 1.82) is 0 Å². The molecule has 1 amide bonds. The number of carbonyl (C=O) groups is 2. The maximum absolute atomic E-state index is 14.2. The lowest BCUT2D eigenvalue weighted by Gasteiger charge is -2.36. The number of Topliss-reactive ketones (excluding diaryl/α,β-unsaturated/α-hetero) is 1. The van der Waals surface area contributed by atoms with Crippen molar-refractivity contribution in [3.05, 3.63) is 71.8 Å². The number of carbonyl (C=O) groups excluding carboxylic acids is 2. The quantitative estimate of drug-likeness (QED) is 0.348. The Morgan fingerprint density at radius 1 is 0.872 bits per heavy atom. The van der Waals surface area contributed by atoms with E-state index in [0.29, 0.717) is 12.3 Å². The minimum atomic E-state index is -0.204. The second-order valence-corrected chi connectivity index (χ2v) is 11.8. The van der Waals surface area contributed by atoms with Crippen LogP contribution >= 0.6 is 0 Å². The fraction of sp³-hybridized carbons (Fsp3) is 0.588. The smallest absolute Gasteiger partial charge is 0.226 e. The number of nitrogens with zero attached hydrogens (tertiary/aromatic N) is 2. The van der Waals surface area contributed by atoms with Gasteiger partial charge in [-0.1, -0.05) is 79.9 Å². The lowest BCUT2D eigenvalue weighted by molar-refractivity contribution is -0.142. The van der Waals surface area contributed by atoms with Crippen LogP contribution in [0.3, 0.4) is 0 Å². The Kier molecular flexibility index (Phi) is 11.6. The molecule has 0 aromatic heterocycles. The van der Waals surface area contributed by atoms with Gasteiger partial charge in [-0.15, -0.1) is 0 Å². The monoisotopic (exact) mass is 531 g/mol. The van der Waals surface area contributed by atoms with E-state index in [0.717, 1.165) is 64.7 Å². The highest BCUT2D eigenvalue weighted by Gasteiger charge is 2.39. The topological polar surface area (TPSA) is 52.7 Å². The van der Waals surface area contributed by atoms with Gasteiger partial charge in [0.25, 0.3) is 0 Å². The van der Waals surface area contributed by atoms with E-state index in [-0.39, 0.29) is 29.7 Å². The Labute approximate surface area is 236 Å². The van der Waals surface area contributed by atoms with Crippen LogP contribution in [0.4, 0.5) is 0 Å². The molecule has 5 heteroatoms. The highest BCUT2D eigenvalue weighted by atomic mass is 16.2. The van der Waals surface area contributed by atoms with Crippen LogP contribution in [-0.2, 0) is 22.4 Å². The average Bonchev–Trinajstić information content (AvgIpc) is 3.46. The summed E-state index contributed by atoms with van der Waals surface area (Å²) < 4.78 is 0. The molecular formula is C34H49N3O2. The maximum atomic E-state index is 14.2. The van der Waals surface area contributed by atoms with Gasteiger partial charge >= 0.3 is 0 Å². The molecular weight excluding hydrogens is 482 g/mol. The summed E-state index contributed by atoms with van der Waals surface area (Å²) in [5.41, 5.74) is 2.71. The van der Waals surface area contributed by atoms with E-state index >= 15 is 0 Å². The Bertz CT molecular complexity index is 962. The fourth-order valence-corrected chi connectivity index (χ4v) is 6.53. The summed E-state index contributed by atoms with van der Waals surface area (Å²) in [7, 11) is 1.83. The molecule has 2 aliphatic rings. The first kappa shape index (κ1) is 29.5. The normalized spacial score (nSPS) is 19.8. The summed E-state index contributed by atoms with van der Waals surface area (Å²) >= 11 is 0. The third-order valence-corrected chi connectivity index (χ3v) is 9.12. The number of benzene rings is 2. The van der Waals surface area contributed by atoms with Gasteiger partial charge in [0, 0.05) is 44.6 Å². The maximum Gasteiger partial charge on any atom is 0.226 e. The third kappa shape index (κ3) is 8.74. The molecule has 5 nitrogen and oxygen atoms in total. The number of nitrogens with one attached hydrogen (secondary N) is 1. The molecule has 2 aromatic rings. The summed E-state index contributed by atoms with van der Waals surface area (Å²) in [4.78, 5) is 31.9. The van der Waals surface area contributed by atoms with Gasteiger partial charge in [0.15, 0.2) is 0 Å². The minimum Gasteiger partial charge on any atom is -0.338 e. The SMILES string of the molecule is CN[C@@H](C)C(=O)C[C@@H](C(=O)N1CCC[C@H]1CN(CCc1ccccc1)CCc1ccccc1)C1CCCCC1. The van der Waals surface area contributed by atoms with Crippen LogP contribution in [0, 0.1) is 11.8 Å². The fourth-order valence-electron chi connectivity index (χ4n) is 6.53. The number of ketones is 1. The molecule has 2 aromatic carbocycles. The average molecular weight is 532 g/mol. The van der Waals surface area contributed by atoms with Crippen molar-refractivity contribution >= 4 is 11.7 Å². The number of hydrogen-bond donors (Lipinski definition) is 1. The van der Waals surface area contributed by atoms with Gasteiger partial charge in [0.1, 0.15) is 5.78 Å². The molecule has 0 bridgehead atoms. The van der Waals surface area contributed by atoms with Crippen LogP contribution < -0.4 is 5.32 Å². The van der Waals surface area contributed by atoms with Gasteiger partial charge in [-0.3, -0.25) is 9.59 Å². The molecule has 1 N–H and O–H groups in total. The molecule has 1 aliphatic carbocycles. The van der Waals surface area contributed by atoms with E-state index in [2.05, 4.69) is 75.8 Å². The van der Waals surface area contributed by atoms with Crippen LogP contribution in [0.2, 0.25) is 0 Å². The van der Waals surface area contributed by atoms with E-state index in [1.54, 1.807) is 0 Å². The van der Waals surface area contributed by atoms with Crippen LogP contribution in [0.15, 0.2) is 60.7 Å². The molecule has 1 heterocycles. The molecule has 39 heavy (non-hydrogen) atoms. The van der Waals surface area contributed by atoms with Gasteiger partial charge in [0.2, 0.25) is 5.91 Å². The summed E-state index contributed by atoms with van der Waals surface area (Å²) in [6.45, 7) is 5.62. The van der Waals surface area contributed by atoms with Crippen molar-refractivity contribution in [3.63, 3.8) is 0 Å². The van der Waals surface area contributed by atoms with E-state index in [1.165, 1.54) is 30.4 Å². The Morgan fingerprint density at radius 2 is 1.46 bits per heavy atom. The lowest BCUT2D eigenvalue weighted by Crippen LogP contribution is -2.48. The minimum absolute atomic E-state index is 0.170. The third-order valence-electron chi connectivity index (χ3n) is 9.12. The zero-order valence-corrected chi connectivity index (χ0v) is 24.2. The van der Waals surface area contributed by atoms with Crippen LogP contribution in [0.1, 0.15) is 69.4 Å². The first-order chi connectivity index (χ1) is 19.0. The number of amides is 1. The predicted molar refractivity (Wildman–Crippen MR) is 160 cm³/mol. The number of rotatable bonds is 14. The summed E-state index contributed by atoms with van der Waals surface area (Å²) in [5, 5.41) is 3.09. The number of likely N-dealkylation sites (tertiary alicyclic amines) is 1. The molecule has 4 rings (SSSR count). The molecule has 2 fully saturated rings. The van der Waals surface area contributed by atoms with E-state index in [1.807, 2.05) is 14.0 Å². The number of hydrogen-bond acceptors (Lipinski definition) is 4. The summed E-state index contributed by atoms with van der Waals surface area (Å²) in [6, 6.07) is 21.5. The van der Waals surface area contributed by atoms with E-state index in [4.69, 9.17) is 0 Å². The molecule has 0 radical (unpaired) electrons. The van der Waals surface area contributed by atoms with Gasteiger partial charge in [-0.25, -0.2) is 0 Å². The second kappa shape index (κ2) is 15.3. The first-order valence-corrected chi connectivity index (χ1v) is 15.4. The zero-order chi connectivity index (χ0) is 27.5. The van der Waals surface area contributed by atoms with Crippen LogP contribution in [0.5, 0.6) is 0 Å². The first-order valence-electron chi connectivity index (χ1n) is 15.4. The molecule has 1 saturated carbocycles. The summed E-state index contributed by atoms with van der Waals surface area (Å²) in [5.74, 6) is 0.584. The molecule has 0 spiro atoms. The highest BCUT2D eigenvalue weighted by molar-refractivity contribution is 5.90. The summed E-state index contributed by atoms with van der Waals surface area (Å²) in [6.07, 6.45) is 10.3. The van der Waals surface area contributed by atoms with Crippen molar-refractivity contribution in [3.8, 4) is 0 Å². The standard InChI is InChI=1S/C34H49N3O2/c1-27(35-2)33(38)25-32(30-17-10-5-11-18-30)34(39)37-22-12-19-31(37)26-36(23-20-28-13-6-3-7-14-28)24-21-29-15-8-4-9-16-29/h3-4,6-9,13-16,27,30-32,35H,5,10-12,17-26H2,1-2H3/t27-,31-,32+/m0/s1. The molecule has 3 atom stereocenters. The van der Waals surface area contributed by atoms with Crippen LogP contribution in [0.25, 0.3) is 0 Å². The van der Waals surface area contributed by atoms with E-state index in [9.17, 15) is 9.59 Å². The molecule has 1 aliphatic heterocycles. The van der Waals surface area contributed by atoms with Crippen molar-refractivity contribution in [2.45, 2.75) is 83.2 Å². The van der Waals surface area contributed by atoms with Gasteiger partial charge in [-0.2, -0.15) is 0 Å². The van der Waals surface area contributed by atoms with E-state index < -0.39 is 0 Å². The second-order valence-electron chi connectivity index (χ2n) is 11.8. The lowest BCUT2D eigenvalue weighted by atomic mass is 9.76. The number of likely N-dealkylation sites (N-methyl/N-ethyl adjacent to an activating group) is 1. The Balaban J connectivity index is 1.45. The highest BCUT2D eigenvalue weighted by Crippen LogP contribution is 2.35. The Hall–Kier alpha value is -2.50. The van der Waals surface area contributed by atoms with Crippen molar-refractivity contribution in [2.24, 2.45) is 11.8 Å². The van der Waals surface area contributed by atoms with Crippen molar-refractivity contribution < 1.29 is 9.59 Å². The van der Waals surface area contributed by atoms with Gasteiger partial charge in [0.05, 0.1) is 6.04 Å². The van der Waals surface area contributed by atoms with Crippen molar-refractivity contribution in [1.82, 2.24) is 15.1 Å². The molecule has 1 saturated heterocycles.